The topological polar surface area (TPSA) is 43.4 Å². The molecule has 1 rings (SSSR count). The van der Waals surface area contributed by atoms with Gasteiger partial charge in [0.1, 0.15) is 5.75 Å². The second-order valence-corrected chi connectivity index (χ2v) is 4.86. The maximum atomic E-state index is 11.4. The minimum atomic E-state index is -3.08. The largest absolute Gasteiger partial charge is 0.497 e. The van der Waals surface area contributed by atoms with Gasteiger partial charge in [-0.15, -0.1) is 0 Å². The standard InChI is InChI=1S/C9H12O3S/c1-3-13(10,11)9-6-4-8(12-2)5-7-9/h4-7H,3H2,1-2H3. The van der Waals surface area contributed by atoms with Gasteiger partial charge in [-0.25, -0.2) is 8.42 Å². The Bertz CT molecular complexity index is 364. The highest BCUT2D eigenvalue weighted by Crippen LogP contribution is 2.16. The zero-order valence-electron chi connectivity index (χ0n) is 7.65. The second-order valence-electron chi connectivity index (χ2n) is 2.58. The van der Waals surface area contributed by atoms with E-state index in [-0.39, 0.29) is 5.75 Å². The van der Waals surface area contributed by atoms with Crippen LogP contribution in [0.5, 0.6) is 5.75 Å². The van der Waals surface area contributed by atoms with Crippen molar-refractivity contribution in [2.24, 2.45) is 0 Å². The van der Waals surface area contributed by atoms with Crippen molar-refractivity contribution < 1.29 is 13.2 Å². The molecule has 0 bridgehead atoms. The maximum Gasteiger partial charge on any atom is 0.178 e. The van der Waals surface area contributed by atoms with E-state index in [9.17, 15) is 8.42 Å². The molecular formula is C9H12O3S. The van der Waals surface area contributed by atoms with Crippen molar-refractivity contribution in [2.45, 2.75) is 11.8 Å². The molecule has 0 N–H and O–H groups in total. The Labute approximate surface area is 78.3 Å². The number of ether oxygens (including phenoxy) is 1. The van der Waals surface area contributed by atoms with Crippen molar-refractivity contribution in [2.75, 3.05) is 12.9 Å². The number of benzene rings is 1. The van der Waals surface area contributed by atoms with Gasteiger partial charge in [0.05, 0.1) is 17.8 Å². The molecular weight excluding hydrogens is 188 g/mol. The fourth-order valence-electron chi connectivity index (χ4n) is 0.950. The Morgan fingerprint density at radius 2 is 1.77 bits per heavy atom. The van der Waals surface area contributed by atoms with E-state index in [2.05, 4.69) is 0 Å². The molecule has 0 aliphatic carbocycles. The van der Waals surface area contributed by atoms with Gasteiger partial charge in [-0.2, -0.15) is 0 Å². The Morgan fingerprint density at radius 3 is 2.15 bits per heavy atom. The first-order chi connectivity index (χ1) is 6.10. The SMILES string of the molecule is CCS(=O)(=O)c1ccc(OC)cc1. The first kappa shape index (κ1) is 10.1. The minimum Gasteiger partial charge on any atom is -0.497 e. The van der Waals surface area contributed by atoms with Crippen LogP contribution in [0.2, 0.25) is 0 Å². The highest BCUT2D eigenvalue weighted by atomic mass is 32.2. The molecule has 0 heterocycles. The first-order valence-electron chi connectivity index (χ1n) is 3.97. The zero-order valence-corrected chi connectivity index (χ0v) is 8.47. The number of hydrogen-bond acceptors (Lipinski definition) is 3. The molecule has 3 nitrogen and oxygen atoms in total. The van der Waals surface area contributed by atoms with Crippen LogP contribution in [0.15, 0.2) is 29.2 Å². The molecule has 0 radical (unpaired) electrons. The Balaban J connectivity index is 3.06. The summed E-state index contributed by atoms with van der Waals surface area (Å²) in [6.07, 6.45) is 0. The maximum absolute atomic E-state index is 11.4. The van der Waals surface area contributed by atoms with E-state index in [1.165, 1.54) is 0 Å². The smallest absolute Gasteiger partial charge is 0.178 e. The van der Waals surface area contributed by atoms with Gasteiger partial charge in [0.25, 0.3) is 0 Å². The van der Waals surface area contributed by atoms with E-state index in [1.54, 1.807) is 38.3 Å². The van der Waals surface area contributed by atoms with Crippen molar-refractivity contribution in [1.82, 2.24) is 0 Å². The van der Waals surface area contributed by atoms with Gasteiger partial charge < -0.3 is 4.74 Å². The van der Waals surface area contributed by atoms with Crippen molar-refractivity contribution in [3.63, 3.8) is 0 Å². The van der Waals surface area contributed by atoms with Gasteiger partial charge in [0, 0.05) is 0 Å². The fraction of sp³-hybridized carbons (Fsp3) is 0.333. The lowest BCUT2D eigenvalue weighted by molar-refractivity contribution is 0.414. The summed E-state index contributed by atoms with van der Waals surface area (Å²) in [6, 6.07) is 6.39. The highest BCUT2D eigenvalue weighted by molar-refractivity contribution is 7.91. The molecule has 0 aliphatic rings. The van der Waals surface area contributed by atoms with Crippen molar-refractivity contribution in [1.29, 1.82) is 0 Å². The minimum absolute atomic E-state index is 0.124. The van der Waals surface area contributed by atoms with Crippen LogP contribution < -0.4 is 4.74 Å². The predicted octanol–water partition coefficient (Wildman–Crippen LogP) is 1.49. The van der Waals surface area contributed by atoms with Gasteiger partial charge in [-0.1, -0.05) is 6.92 Å². The average Bonchev–Trinajstić information content (AvgIpc) is 2.18. The molecule has 4 heteroatoms. The molecule has 0 fully saturated rings. The highest BCUT2D eigenvalue weighted by Gasteiger charge is 2.10. The fourth-order valence-corrected chi connectivity index (χ4v) is 1.83. The molecule has 13 heavy (non-hydrogen) atoms. The van der Waals surface area contributed by atoms with Crippen LogP contribution in [0.1, 0.15) is 6.92 Å². The molecule has 1 aromatic carbocycles. The summed E-state index contributed by atoms with van der Waals surface area (Å²) >= 11 is 0. The third-order valence-electron chi connectivity index (χ3n) is 1.80. The number of hydrogen-bond donors (Lipinski definition) is 0. The van der Waals surface area contributed by atoms with Gasteiger partial charge in [0.15, 0.2) is 9.84 Å². The molecule has 0 aromatic heterocycles. The van der Waals surface area contributed by atoms with E-state index in [0.717, 1.165) is 0 Å². The van der Waals surface area contributed by atoms with Crippen LogP contribution in [-0.2, 0) is 9.84 Å². The average molecular weight is 200 g/mol. The molecule has 0 spiro atoms. The summed E-state index contributed by atoms with van der Waals surface area (Å²) in [4.78, 5) is 0.343. The van der Waals surface area contributed by atoms with Crippen LogP contribution in [-0.4, -0.2) is 21.3 Å². The summed E-state index contributed by atoms with van der Waals surface area (Å²) < 4.78 is 27.6. The summed E-state index contributed by atoms with van der Waals surface area (Å²) in [7, 11) is -1.53. The third kappa shape index (κ3) is 2.21. The quantitative estimate of drug-likeness (QED) is 0.742. The van der Waals surface area contributed by atoms with E-state index in [4.69, 9.17) is 4.74 Å². The third-order valence-corrected chi connectivity index (χ3v) is 3.55. The van der Waals surface area contributed by atoms with Crippen LogP contribution in [0.3, 0.4) is 0 Å². The molecule has 0 aliphatic heterocycles. The summed E-state index contributed by atoms with van der Waals surface area (Å²) in [5.74, 6) is 0.786. The van der Waals surface area contributed by atoms with Crippen LogP contribution in [0, 0.1) is 0 Å². The molecule has 0 unspecified atom stereocenters. The normalized spacial score (nSPS) is 11.2. The van der Waals surface area contributed by atoms with Gasteiger partial charge >= 0.3 is 0 Å². The van der Waals surface area contributed by atoms with Gasteiger partial charge in [-0.3, -0.25) is 0 Å². The van der Waals surface area contributed by atoms with E-state index in [1.807, 2.05) is 0 Å². The van der Waals surface area contributed by atoms with Crippen LogP contribution in [0.25, 0.3) is 0 Å². The van der Waals surface area contributed by atoms with E-state index >= 15 is 0 Å². The predicted molar refractivity (Wildman–Crippen MR) is 50.7 cm³/mol. The lowest BCUT2D eigenvalue weighted by Crippen LogP contribution is -2.03. The summed E-state index contributed by atoms with van der Waals surface area (Å²) in [5, 5.41) is 0. The Hall–Kier alpha value is -1.03. The number of rotatable bonds is 3. The zero-order chi connectivity index (χ0) is 9.90. The molecule has 0 amide bonds. The van der Waals surface area contributed by atoms with E-state index < -0.39 is 9.84 Å². The van der Waals surface area contributed by atoms with Crippen LogP contribution >= 0.6 is 0 Å². The van der Waals surface area contributed by atoms with E-state index in [0.29, 0.717) is 10.6 Å². The van der Waals surface area contributed by atoms with Crippen molar-refractivity contribution >= 4 is 9.84 Å². The lowest BCUT2D eigenvalue weighted by Gasteiger charge is -2.02. The molecule has 72 valence electrons. The Morgan fingerprint density at radius 1 is 1.23 bits per heavy atom. The van der Waals surface area contributed by atoms with Crippen molar-refractivity contribution in [3.8, 4) is 5.75 Å². The molecule has 0 atom stereocenters. The molecule has 0 saturated carbocycles. The molecule has 1 aromatic rings. The monoisotopic (exact) mass is 200 g/mol. The summed E-state index contributed by atoms with van der Waals surface area (Å²) in [6.45, 7) is 1.62. The second kappa shape index (κ2) is 3.79. The van der Waals surface area contributed by atoms with Gasteiger partial charge in [0.2, 0.25) is 0 Å². The number of sulfone groups is 1. The summed E-state index contributed by atoms with van der Waals surface area (Å²) in [5.41, 5.74) is 0. The lowest BCUT2D eigenvalue weighted by atomic mass is 10.3. The number of methoxy groups -OCH3 is 1. The van der Waals surface area contributed by atoms with Crippen LogP contribution in [0.4, 0.5) is 0 Å². The molecule has 0 saturated heterocycles. The Kier molecular flexibility index (Phi) is 2.93. The first-order valence-corrected chi connectivity index (χ1v) is 5.62. The van der Waals surface area contributed by atoms with Gasteiger partial charge in [-0.05, 0) is 24.3 Å². The van der Waals surface area contributed by atoms with Crippen molar-refractivity contribution in [3.05, 3.63) is 24.3 Å².